The lowest BCUT2D eigenvalue weighted by Gasteiger charge is -2.08. The molecular weight excluding hydrogens is 357 g/mol. The number of benzene rings is 1. The fraction of sp³-hybridized carbons (Fsp3) is 0.278. The van der Waals surface area contributed by atoms with Crippen molar-refractivity contribution in [2.75, 3.05) is 5.32 Å². The molecule has 2 heterocycles. The third kappa shape index (κ3) is 4.11. The Hall–Kier alpha value is -2.67. The number of hydrogen-bond donors (Lipinski definition) is 1. The number of nitrogens with one attached hydrogen (secondary N) is 1. The van der Waals surface area contributed by atoms with Crippen LogP contribution in [0.1, 0.15) is 23.4 Å². The first kappa shape index (κ1) is 18.1. The van der Waals surface area contributed by atoms with Gasteiger partial charge in [-0.25, -0.2) is 4.39 Å². The molecule has 0 atom stereocenters. The Kier molecular flexibility index (Phi) is 5.37. The topological polar surface area (TPSA) is 64.7 Å². The fourth-order valence-corrected chi connectivity index (χ4v) is 2.85. The van der Waals surface area contributed by atoms with Crippen LogP contribution in [0.25, 0.3) is 0 Å². The van der Waals surface area contributed by atoms with Gasteiger partial charge in [-0.15, -0.1) is 0 Å². The van der Waals surface area contributed by atoms with Gasteiger partial charge in [0, 0.05) is 24.7 Å². The van der Waals surface area contributed by atoms with E-state index in [9.17, 15) is 9.18 Å². The SMILES string of the molecule is Cc1nn(Cc2ccccc2F)c(C)c1NC(=O)CCn1cc(Cl)cn1. The van der Waals surface area contributed by atoms with E-state index in [1.165, 1.54) is 12.3 Å². The summed E-state index contributed by atoms with van der Waals surface area (Å²) in [5, 5.41) is 11.9. The van der Waals surface area contributed by atoms with Crippen molar-refractivity contribution in [1.29, 1.82) is 0 Å². The number of amides is 1. The number of aryl methyl sites for hydroxylation is 2. The van der Waals surface area contributed by atoms with E-state index in [-0.39, 0.29) is 18.1 Å². The second-order valence-electron chi connectivity index (χ2n) is 6.01. The maximum atomic E-state index is 13.9. The van der Waals surface area contributed by atoms with Crippen molar-refractivity contribution in [2.24, 2.45) is 0 Å². The van der Waals surface area contributed by atoms with Crippen LogP contribution in [0.15, 0.2) is 36.7 Å². The fourth-order valence-electron chi connectivity index (χ4n) is 2.70. The van der Waals surface area contributed by atoms with E-state index >= 15 is 0 Å². The van der Waals surface area contributed by atoms with Crippen LogP contribution in [0, 0.1) is 19.7 Å². The van der Waals surface area contributed by atoms with E-state index in [4.69, 9.17) is 11.6 Å². The first-order valence-corrected chi connectivity index (χ1v) is 8.57. The molecule has 0 aliphatic heterocycles. The zero-order valence-corrected chi connectivity index (χ0v) is 15.3. The lowest BCUT2D eigenvalue weighted by molar-refractivity contribution is -0.116. The maximum Gasteiger partial charge on any atom is 0.226 e. The average Bonchev–Trinajstić information content (AvgIpc) is 3.13. The van der Waals surface area contributed by atoms with Crippen molar-refractivity contribution in [1.82, 2.24) is 19.6 Å². The monoisotopic (exact) mass is 375 g/mol. The van der Waals surface area contributed by atoms with Crippen LogP contribution in [0.2, 0.25) is 5.02 Å². The zero-order chi connectivity index (χ0) is 18.7. The summed E-state index contributed by atoms with van der Waals surface area (Å²) in [5.41, 5.74) is 2.67. The summed E-state index contributed by atoms with van der Waals surface area (Å²) >= 11 is 5.81. The maximum absolute atomic E-state index is 13.9. The largest absolute Gasteiger partial charge is 0.323 e. The molecule has 0 saturated heterocycles. The molecule has 8 heteroatoms. The number of carbonyl (C=O) groups is 1. The van der Waals surface area contributed by atoms with Gasteiger partial charge in [-0.2, -0.15) is 10.2 Å². The average molecular weight is 376 g/mol. The second-order valence-corrected chi connectivity index (χ2v) is 6.45. The van der Waals surface area contributed by atoms with E-state index in [1.54, 1.807) is 33.8 Å². The number of rotatable bonds is 6. The third-order valence-electron chi connectivity index (χ3n) is 4.09. The molecule has 2 aromatic heterocycles. The molecule has 0 aliphatic carbocycles. The molecule has 0 bridgehead atoms. The van der Waals surface area contributed by atoms with E-state index in [0.717, 1.165) is 5.69 Å². The molecule has 3 rings (SSSR count). The van der Waals surface area contributed by atoms with Crippen molar-refractivity contribution >= 4 is 23.2 Å². The van der Waals surface area contributed by atoms with Gasteiger partial charge in [0.15, 0.2) is 0 Å². The van der Waals surface area contributed by atoms with Crippen LogP contribution in [-0.4, -0.2) is 25.5 Å². The predicted octanol–water partition coefficient (Wildman–Crippen LogP) is 3.57. The van der Waals surface area contributed by atoms with Crippen molar-refractivity contribution in [3.63, 3.8) is 0 Å². The van der Waals surface area contributed by atoms with Gasteiger partial charge in [-0.05, 0) is 19.9 Å². The quantitative estimate of drug-likeness (QED) is 0.716. The molecule has 1 amide bonds. The summed E-state index contributed by atoms with van der Waals surface area (Å²) in [6.07, 6.45) is 3.45. The van der Waals surface area contributed by atoms with Crippen LogP contribution in [0.5, 0.6) is 0 Å². The Bertz CT molecular complexity index is 934. The molecule has 6 nitrogen and oxygen atoms in total. The van der Waals surface area contributed by atoms with E-state index in [1.807, 2.05) is 13.8 Å². The van der Waals surface area contributed by atoms with Gasteiger partial charge in [0.2, 0.25) is 5.91 Å². The summed E-state index contributed by atoms with van der Waals surface area (Å²) in [7, 11) is 0. The summed E-state index contributed by atoms with van der Waals surface area (Å²) in [5.74, 6) is -0.420. The van der Waals surface area contributed by atoms with Crippen LogP contribution < -0.4 is 5.32 Å². The molecule has 136 valence electrons. The van der Waals surface area contributed by atoms with Crippen molar-refractivity contribution < 1.29 is 9.18 Å². The minimum Gasteiger partial charge on any atom is -0.323 e. The normalized spacial score (nSPS) is 10.9. The molecule has 0 aliphatic rings. The van der Waals surface area contributed by atoms with Crippen molar-refractivity contribution in [3.05, 3.63) is 64.5 Å². The standard InChI is InChI=1S/C18H19ClFN5O/c1-12-18(22-17(26)7-8-24-11-15(19)9-21-24)13(2)25(23-12)10-14-5-3-4-6-16(14)20/h3-6,9,11H,7-8,10H2,1-2H3,(H,22,26). The highest BCUT2D eigenvalue weighted by atomic mass is 35.5. The highest BCUT2D eigenvalue weighted by Crippen LogP contribution is 2.21. The zero-order valence-electron chi connectivity index (χ0n) is 14.5. The number of nitrogens with zero attached hydrogens (tertiary/aromatic N) is 4. The summed E-state index contributed by atoms with van der Waals surface area (Å²) < 4.78 is 17.2. The summed E-state index contributed by atoms with van der Waals surface area (Å²) in [6, 6.07) is 6.58. The molecule has 1 aromatic carbocycles. The predicted molar refractivity (Wildman–Crippen MR) is 97.7 cm³/mol. The minimum atomic E-state index is -0.275. The number of carbonyl (C=O) groups excluding carboxylic acids is 1. The van der Waals surface area contributed by atoms with Gasteiger partial charge in [0.05, 0.1) is 34.8 Å². The highest BCUT2D eigenvalue weighted by molar-refractivity contribution is 6.30. The Morgan fingerprint density at radius 1 is 1.31 bits per heavy atom. The van der Waals surface area contributed by atoms with Gasteiger partial charge >= 0.3 is 0 Å². The second kappa shape index (κ2) is 7.70. The number of anilines is 1. The Morgan fingerprint density at radius 3 is 2.77 bits per heavy atom. The van der Waals surface area contributed by atoms with Gasteiger partial charge in [-0.3, -0.25) is 14.2 Å². The molecule has 0 spiro atoms. The van der Waals surface area contributed by atoms with Crippen LogP contribution in [0.4, 0.5) is 10.1 Å². The third-order valence-corrected chi connectivity index (χ3v) is 4.29. The van der Waals surface area contributed by atoms with Crippen molar-refractivity contribution in [2.45, 2.75) is 33.4 Å². The van der Waals surface area contributed by atoms with Crippen LogP contribution >= 0.6 is 11.6 Å². The van der Waals surface area contributed by atoms with Crippen LogP contribution in [0.3, 0.4) is 0 Å². The number of aromatic nitrogens is 4. The van der Waals surface area contributed by atoms with Crippen molar-refractivity contribution in [3.8, 4) is 0 Å². The van der Waals surface area contributed by atoms with Gasteiger partial charge in [0.1, 0.15) is 5.82 Å². The molecule has 0 saturated carbocycles. The molecule has 0 fully saturated rings. The smallest absolute Gasteiger partial charge is 0.226 e. The molecule has 0 unspecified atom stereocenters. The van der Waals surface area contributed by atoms with Gasteiger partial charge in [-0.1, -0.05) is 29.8 Å². The minimum absolute atomic E-state index is 0.145. The first-order valence-electron chi connectivity index (χ1n) is 8.19. The molecular formula is C18H19ClFN5O. The van der Waals surface area contributed by atoms with Crippen LogP contribution in [-0.2, 0) is 17.9 Å². The lowest BCUT2D eigenvalue weighted by atomic mass is 10.2. The Morgan fingerprint density at radius 2 is 2.08 bits per heavy atom. The van der Waals surface area contributed by atoms with E-state index in [2.05, 4.69) is 15.5 Å². The molecule has 1 N–H and O–H groups in total. The highest BCUT2D eigenvalue weighted by Gasteiger charge is 2.15. The summed E-state index contributed by atoms with van der Waals surface area (Å²) in [6.45, 7) is 4.40. The Balaban J connectivity index is 1.67. The van der Waals surface area contributed by atoms with Gasteiger partial charge < -0.3 is 5.32 Å². The van der Waals surface area contributed by atoms with Gasteiger partial charge in [0.25, 0.3) is 0 Å². The molecule has 26 heavy (non-hydrogen) atoms. The molecule has 3 aromatic rings. The first-order chi connectivity index (χ1) is 12.4. The van der Waals surface area contributed by atoms with E-state index in [0.29, 0.717) is 35.1 Å². The Labute approximate surface area is 155 Å². The number of hydrogen-bond acceptors (Lipinski definition) is 3. The summed E-state index contributed by atoms with van der Waals surface area (Å²) in [4.78, 5) is 12.2. The molecule has 0 radical (unpaired) electrons. The number of halogens is 2. The van der Waals surface area contributed by atoms with E-state index < -0.39 is 0 Å². The lowest BCUT2D eigenvalue weighted by Crippen LogP contribution is -2.16.